The number of ether oxygens (including phenoxy) is 1. The number of benzene rings is 1. The monoisotopic (exact) mass is 306 g/mol. The molecule has 0 aromatic heterocycles. The number of nitrogens with two attached hydrogens (primary N) is 1. The van der Waals surface area contributed by atoms with Gasteiger partial charge in [0.25, 0.3) is 0 Å². The molecule has 0 saturated carbocycles. The van der Waals surface area contributed by atoms with Crippen molar-refractivity contribution in [3.05, 3.63) is 29.8 Å². The first-order valence-electron chi connectivity index (χ1n) is 8.08. The van der Waals surface area contributed by atoms with E-state index in [1.165, 1.54) is 0 Å². The van der Waals surface area contributed by atoms with E-state index in [2.05, 4.69) is 32.6 Å². The zero-order valence-electron chi connectivity index (χ0n) is 14.5. The van der Waals surface area contributed by atoms with Crippen LogP contribution in [0.1, 0.15) is 40.2 Å². The predicted molar refractivity (Wildman–Crippen MR) is 91.0 cm³/mol. The topological polar surface area (TPSA) is 55.6 Å². The third-order valence-electron chi connectivity index (χ3n) is 3.90. The molecule has 22 heavy (non-hydrogen) atoms. The number of hydrogen-bond donors (Lipinski definition) is 1. The zero-order chi connectivity index (χ0) is 16.7. The molecule has 0 aliphatic heterocycles. The van der Waals surface area contributed by atoms with E-state index < -0.39 is 0 Å². The van der Waals surface area contributed by atoms with Gasteiger partial charge >= 0.3 is 0 Å². The van der Waals surface area contributed by atoms with Gasteiger partial charge in [-0.1, -0.05) is 19.1 Å². The first-order valence-corrected chi connectivity index (χ1v) is 8.08. The minimum atomic E-state index is -0.261. The van der Waals surface area contributed by atoms with Crippen LogP contribution >= 0.6 is 0 Å². The summed E-state index contributed by atoms with van der Waals surface area (Å²) in [6.07, 6.45) is 0.671. The molecule has 4 heteroatoms. The van der Waals surface area contributed by atoms with Crippen LogP contribution in [0, 0.1) is 5.92 Å². The Balaban J connectivity index is 2.46. The summed E-state index contributed by atoms with van der Waals surface area (Å²) in [7, 11) is 0. The van der Waals surface area contributed by atoms with Crippen molar-refractivity contribution in [2.24, 2.45) is 11.7 Å². The van der Waals surface area contributed by atoms with Crippen LogP contribution in [0.25, 0.3) is 0 Å². The van der Waals surface area contributed by atoms with Gasteiger partial charge in [0, 0.05) is 24.5 Å². The van der Waals surface area contributed by atoms with Crippen molar-refractivity contribution in [3.8, 4) is 5.75 Å². The second kappa shape index (κ2) is 8.79. The number of amides is 1. The van der Waals surface area contributed by atoms with Gasteiger partial charge in [-0.3, -0.25) is 9.69 Å². The van der Waals surface area contributed by atoms with Gasteiger partial charge in [-0.05, 0) is 51.8 Å². The number of hydrogen-bond acceptors (Lipinski definition) is 3. The number of rotatable bonds is 9. The molecule has 1 rings (SSSR count). The summed E-state index contributed by atoms with van der Waals surface area (Å²) in [5.74, 6) is 0.461. The lowest BCUT2D eigenvalue weighted by molar-refractivity contribution is -0.121. The van der Waals surface area contributed by atoms with Gasteiger partial charge in [0.2, 0.25) is 5.91 Å². The third-order valence-corrected chi connectivity index (χ3v) is 3.90. The van der Waals surface area contributed by atoms with Gasteiger partial charge in [0.1, 0.15) is 12.4 Å². The SMILES string of the molecule is CC(Cc1ccc(OCCN(C(C)C)C(C)C)cc1)C(N)=O. The van der Waals surface area contributed by atoms with Crippen LogP contribution in [0.4, 0.5) is 0 Å². The molecule has 0 bridgehead atoms. The molecule has 1 aromatic carbocycles. The van der Waals surface area contributed by atoms with E-state index in [1.54, 1.807) is 0 Å². The molecule has 1 aromatic rings. The predicted octanol–water partition coefficient (Wildman–Crippen LogP) is 2.85. The van der Waals surface area contributed by atoms with Crippen LogP contribution in [0.5, 0.6) is 5.75 Å². The molecule has 4 nitrogen and oxygen atoms in total. The van der Waals surface area contributed by atoms with Crippen molar-refractivity contribution in [2.45, 2.75) is 53.1 Å². The zero-order valence-corrected chi connectivity index (χ0v) is 14.5. The molecule has 0 aliphatic rings. The lowest BCUT2D eigenvalue weighted by Crippen LogP contribution is -2.39. The second-order valence-electron chi connectivity index (χ2n) is 6.43. The van der Waals surface area contributed by atoms with Crippen LogP contribution in [-0.4, -0.2) is 36.0 Å². The maximum absolute atomic E-state index is 11.1. The smallest absolute Gasteiger partial charge is 0.220 e. The van der Waals surface area contributed by atoms with Crippen LogP contribution in [-0.2, 0) is 11.2 Å². The quantitative estimate of drug-likeness (QED) is 0.763. The Morgan fingerprint density at radius 2 is 1.64 bits per heavy atom. The van der Waals surface area contributed by atoms with E-state index >= 15 is 0 Å². The van der Waals surface area contributed by atoms with Crippen molar-refractivity contribution in [1.82, 2.24) is 4.90 Å². The summed E-state index contributed by atoms with van der Waals surface area (Å²) in [6.45, 7) is 12.2. The van der Waals surface area contributed by atoms with Gasteiger partial charge in [0.05, 0.1) is 0 Å². The molecule has 124 valence electrons. The fourth-order valence-corrected chi connectivity index (χ4v) is 2.56. The molecule has 0 saturated heterocycles. The Morgan fingerprint density at radius 1 is 1.09 bits per heavy atom. The van der Waals surface area contributed by atoms with Crippen LogP contribution in [0.2, 0.25) is 0 Å². The molecule has 0 aliphatic carbocycles. The first-order chi connectivity index (χ1) is 10.3. The molecule has 0 radical (unpaired) electrons. The highest BCUT2D eigenvalue weighted by Crippen LogP contribution is 2.15. The second-order valence-corrected chi connectivity index (χ2v) is 6.43. The van der Waals surface area contributed by atoms with Crippen molar-refractivity contribution >= 4 is 5.91 Å². The average molecular weight is 306 g/mol. The van der Waals surface area contributed by atoms with Gasteiger partial charge < -0.3 is 10.5 Å². The van der Waals surface area contributed by atoms with Crippen LogP contribution in [0.3, 0.4) is 0 Å². The summed E-state index contributed by atoms with van der Waals surface area (Å²) in [5, 5.41) is 0. The fourth-order valence-electron chi connectivity index (χ4n) is 2.56. The third kappa shape index (κ3) is 6.06. The Bertz CT molecular complexity index is 447. The number of nitrogens with zero attached hydrogens (tertiary/aromatic N) is 1. The molecule has 2 N–H and O–H groups in total. The molecular formula is C18H30N2O2. The lowest BCUT2D eigenvalue weighted by Gasteiger charge is -2.30. The largest absolute Gasteiger partial charge is 0.492 e. The average Bonchev–Trinajstić information content (AvgIpc) is 2.44. The van der Waals surface area contributed by atoms with E-state index in [0.29, 0.717) is 25.1 Å². The first kappa shape index (κ1) is 18.5. The number of carbonyl (C=O) groups is 1. The molecule has 1 atom stereocenters. The van der Waals surface area contributed by atoms with E-state index in [1.807, 2.05) is 31.2 Å². The van der Waals surface area contributed by atoms with Gasteiger partial charge in [-0.25, -0.2) is 0 Å². The summed E-state index contributed by atoms with van der Waals surface area (Å²) in [5.41, 5.74) is 6.39. The van der Waals surface area contributed by atoms with Crippen molar-refractivity contribution in [1.29, 1.82) is 0 Å². The molecule has 0 fully saturated rings. The van der Waals surface area contributed by atoms with Crippen molar-refractivity contribution in [2.75, 3.05) is 13.2 Å². The van der Waals surface area contributed by atoms with Gasteiger partial charge in [-0.2, -0.15) is 0 Å². The summed E-state index contributed by atoms with van der Waals surface area (Å²) in [4.78, 5) is 13.5. The maximum Gasteiger partial charge on any atom is 0.220 e. The van der Waals surface area contributed by atoms with E-state index in [9.17, 15) is 4.79 Å². The Kier molecular flexibility index (Phi) is 7.39. The minimum Gasteiger partial charge on any atom is -0.492 e. The Labute approximate surface area is 134 Å². The van der Waals surface area contributed by atoms with Gasteiger partial charge in [-0.15, -0.1) is 0 Å². The summed E-state index contributed by atoms with van der Waals surface area (Å²) in [6, 6.07) is 8.94. The minimum absolute atomic E-state index is 0.141. The number of primary amides is 1. The molecular weight excluding hydrogens is 276 g/mol. The fraction of sp³-hybridized carbons (Fsp3) is 0.611. The molecule has 0 spiro atoms. The standard InChI is InChI=1S/C18H30N2O2/c1-13(2)20(14(3)4)10-11-22-17-8-6-16(7-9-17)12-15(5)18(19)21/h6-9,13-15H,10-12H2,1-5H3,(H2,19,21). The number of carbonyl (C=O) groups excluding carboxylic acids is 1. The Hall–Kier alpha value is -1.55. The van der Waals surface area contributed by atoms with Gasteiger partial charge in [0.15, 0.2) is 0 Å². The Morgan fingerprint density at radius 3 is 2.09 bits per heavy atom. The van der Waals surface area contributed by atoms with E-state index in [4.69, 9.17) is 10.5 Å². The van der Waals surface area contributed by atoms with Crippen LogP contribution < -0.4 is 10.5 Å². The maximum atomic E-state index is 11.1. The molecule has 0 heterocycles. The van der Waals surface area contributed by atoms with Crippen molar-refractivity contribution in [3.63, 3.8) is 0 Å². The van der Waals surface area contributed by atoms with Crippen LogP contribution in [0.15, 0.2) is 24.3 Å². The molecule has 1 unspecified atom stereocenters. The normalized spacial score (nSPS) is 12.9. The lowest BCUT2D eigenvalue weighted by atomic mass is 10.0. The highest BCUT2D eigenvalue weighted by atomic mass is 16.5. The summed E-state index contributed by atoms with van der Waals surface area (Å²) >= 11 is 0. The molecule has 1 amide bonds. The summed E-state index contributed by atoms with van der Waals surface area (Å²) < 4.78 is 5.81. The highest BCUT2D eigenvalue weighted by Gasteiger charge is 2.13. The van der Waals surface area contributed by atoms with E-state index in [0.717, 1.165) is 17.9 Å². The van der Waals surface area contributed by atoms with E-state index in [-0.39, 0.29) is 11.8 Å². The highest BCUT2D eigenvalue weighted by molar-refractivity contribution is 5.76. The van der Waals surface area contributed by atoms with Crippen molar-refractivity contribution < 1.29 is 9.53 Å².